The number of halogens is 3. The van der Waals surface area contributed by atoms with Gasteiger partial charge in [-0.1, -0.05) is 51.3 Å². The van der Waals surface area contributed by atoms with Crippen LogP contribution in [0.25, 0.3) is 11.4 Å². The topological polar surface area (TPSA) is 85.8 Å². The van der Waals surface area contributed by atoms with E-state index in [2.05, 4.69) is 31.3 Å². The Kier molecular flexibility index (Phi) is 4.91. The fraction of sp³-hybridized carbons (Fsp3) is 0.105. The highest BCUT2D eigenvalue weighted by Gasteiger charge is 2.33. The van der Waals surface area contributed by atoms with E-state index in [1.165, 1.54) is 0 Å². The van der Waals surface area contributed by atoms with Gasteiger partial charge in [-0.05, 0) is 42.8 Å². The van der Waals surface area contributed by atoms with E-state index in [4.69, 9.17) is 28.9 Å². The average Bonchev–Trinajstić information content (AvgIpc) is 3.06. The Bertz CT molecular complexity index is 1140. The van der Waals surface area contributed by atoms with Crippen LogP contribution in [0.15, 0.2) is 58.2 Å². The number of anilines is 1. The number of nitrogens with zero attached hydrogens (tertiary/aromatic N) is 3. The van der Waals surface area contributed by atoms with Gasteiger partial charge < -0.3 is 11.1 Å². The molecule has 1 aliphatic rings. The molecule has 6 nitrogen and oxygen atoms in total. The monoisotopic (exact) mass is 477 g/mol. The van der Waals surface area contributed by atoms with Gasteiger partial charge in [-0.25, -0.2) is 4.68 Å². The molecule has 1 aromatic heterocycles. The number of nitrogens with one attached hydrogen (secondary N) is 1. The van der Waals surface area contributed by atoms with E-state index in [0.717, 1.165) is 10.0 Å². The molecule has 2 heterocycles. The van der Waals surface area contributed by atoms with E-state index < -0.39 is 11.9 Å². The molecule has 4 rings (SSSR count). The maximum atomic E-state index is 12.2. The van der Waals surface area contributed by atoms with Gasteiger partial charge in [0.15, 0.2) is 5.82 Å². The highest BCUT2D eigenvalue weighted by Crippen LogP contribution is 2.37. The molecule has 0 radical (unpaired) electrons. The predicted octanol–water partition coefficient (Wildman–Crippen LogP) is 4.79. The number of fused-ring (bicyclic) bond motifs is 1. The number of carbonyl (C=O) groups excluding carboxylic acids is 1. The van der Waals surface area contributed by atoms with Crippen molar-refractivity contribution in [3.05, 3.63) is 73.8 Å². The number of hydrogen-bond acceptors (Lipinski definition) is 4. The average molecular weight is 479 g/mol. The van der Waals surface area contributed by atoms with E-state index in [9.17, 15) is 4.79 Å². The van der Waals surface area contributed by atoms with Gasteiger partial charge in [0.25, 0.3) is 0 Å². The quantitative estimate of drug-likeness (QED) is 0.566. The van der Waals surface area contributed by atoms with E-state index in [1.807, 2.05) is 24.3 Å². The van der Waals surface area contributed by atoms with E-state index >= 15 is 0 Å². The highest BCUT2D eigenvalue weighted by molar-refractivity contribution is 9.10. The van der Waals surface area contributed by atoms with Crippen LogP contribution in [0.4, 0.5) is 5.95 Å². The van der Waals surface area contributed by atoms with Crippen molar-refractivity contribution in [3.8, 4) is 11.4 Å². The zero-order valence-corrected chi connectivity index (χ0v) is 17.7. The first kappa shape index (κ1) is 19.0. The van der Waals surface area contributed by atoms with Crippen LogP contribution in [0.5, 0.6) is 0 Å². The third kappa shape index (κ3) is 3.30. The van der Waals surface area contributed by atoms with Crippen molar-refractivity contribution in [2.45, 2.75) is 13.0 Å². The summed E-state index contributed by atoms with van der Waals surface area (Å²) < 4.78 is 2.54. The second-order valence-corrected chi connectivity index (χ2v) is 8.05. The van der Waals surface area contributed by atoms with Crippen molar-refractivity contribution in [2.75, 3.05) is 5.32 Å². The molecule has 0 saturated carbocycles. The molecule has 28 heavy (non-hydrogen) atoms. The first-order valence-corrected chi connectivity index (χ1v) is 9.85. The van der Waals surface area contributed by atoms with Gasteiger partial charge in [0.2, 0.25) is 11.9 Å². The Hall–Kier alpha value is -2.35. The predicted molar refractivity (Wildman–Crippen MR) is 113 cm³/mol. The van der Waals surface area contributed by atoms with Crippen molar-refractivity contribution in [3.63, 3.8) is 0 Å². The zero-order valence-electron chi connectivity index (χ0n) is 14.6. The maximum absolute atomic E-state index is 12.2. The van der Waals surface area contributed by atoms with Crippen molar-refractivity contribution in [2.24, 2.45) is 5.73 Å². The lowest BCUT2D eigenvalue weighted by molar-refractivity contribution is -0.115. The maximum Gasteiger partial charge on any atom is 0.248 e. The normalized spacial score (nSPS) is 15.9. The molecule has 1 atom stereocenters. The summed E-state index contributed by atoms with van der Waals surface area (Å²) in [5.41, 5.74) is 8.33. The fourth-order valence-electron chi connectivity index (χ4n) is 3.21. The Morgan fingerprint density at radius 1 is 1.21 bits per heavy atom. The minimum absolute atomic E-state index is 0.413. The number of benzene rings is 2. The van der Waals surface area contributed by atoms with Crippen molar-refractivity contribution in [1.29, 1.82) is 0 Å². The molecule has 3 N–H and O–H groups in total. The van der Waals surface area contributed by atoms with Crippen LogP contribution in [0, 0.1) is 0 Å². The minimum atomic E-state index is -0.521. The smallest absolute Gasteiger partial charge is 0.248 e. The largest absolute Gasteiger partial charge is 0.366 e. The molecule has 0 fully saturated rings. The lowest BCUT2D eigenvalue weighted by atomic mass is 9.95. The Labute approximate surface area is 179 Å². The number of aromatic nitrogens is 3. The van der Waals surface area contributed by atoms with E-state index in [0.29, 0.717) is 38.7 Å². The number of primary amides is 1. The van der Waals surface area contributed by atoms with Crippen LogP contribution >= 0.6 is 39.1 Å². The molecule has 3 aromatic rings. The van der Waals surface area contributed by atoms with Crippen molar-refractivity contribution in [1.82, 2.24) is 14.8 Å². The first-order chi connectivity index (χ1) is 13.3. The van der Waals surface area contributed by atoms with Crippen LogP contribution < -0.4 is 11.1 Å². The van der Waals surface area contributed by atoms with Gasteiger partial charge in [0, 0.05) is 15.7 Å². The summed E-state index contributed by atoms with van der Waals surface area (Å²) in [7, 11) is 0. The lowest BCUT2D eigenvalue weighted by Crippen LogP contribution is -2.31. The summed E-state index contributed by atoms with van der Waals surface area (Å²) in [6, 6.07) is 12.3. The Balaban J connectivity index is 1.89. The molecular formula is C19H14BrCl2N5O. The third-order valence-corrected chi connectivity index (χ3v) is 5.69. The molecule has 1 unspecified atom stereocenters. The minimum Gasteiger partial charge on any atom is -0.366 e. The molecule has 0 saturated heterocycles. The zero-order chi connectivity index (χ0) is 20.0. The lowest BCUT2D eigenvalue weighted by Gasteiger charge is -2.27. The molecule has 1 amide bonds. The molecule has 0 bridgehead atoms. The number of rotatable bonds is 3. The van der Waals surface area contributed by atoms with E-state index in [1.54, 1.807) is 29.8 Å². The van der Waals surface area contributed by atoms with Gasteiger partial charge in [-0.15, -0.1) is 5.10 Å². The standard InChI is InChI=1S/C19H14BrCl2N5O/c1-9-15(17(23)28)16(10-3-2-4-12(20)7-10)27-19(24-9)25-18(26-27)11-5-6-13(21)14(22)8-11/h2-8,16H,1H3,(H2,23,28)(H,24,25,26). The molecule has 0 aliphatic carbocycles. The molecule has 2 aromatic carbocycles. The molecule has 9 heteroatoms. The summed E-state index contributed by atoms with van der Waals surface area (Å²) in [5.74, 6) is 0.445. The van der Waals surface area contributed by atoms with Gasteiger partial charge >= 0.3 is 0 Å². The van der Waals surface area contributed by atoms with Gasteiger partial charge in [-0.3, -0.25) is 4.79 Å². The number of carbonyl (C=O) groups is 1. The third-order valence-electron chi connectivity index (χ3n) is 4.46. The Morgan fingerprint density at radius 2 is 2.00 bits per heavy atom. The summed E-state index contributed by atoms with van der Waals surface area (Å²) >= 11 is 15.6. The van der Waals surface area contributed by atoms with Crippen LogP contribution in [0.3, 0.4) is 0 Å². The van der Waals surface area contributed by atoms with Crippen LogP contribution in [0.2, 0.25) is 10.0 Å². The van der Waals surface area contributed by atoms with Crippen molar-refractivity contribution < 1.29 is 4.79 Å². The number of amides is 1. The fourth-order valence-corrected chi connectivity index (χ4v) is 3.93. The number of allylic oxidation sites excluding steroid dienone is 1. The molecular weight excluding hydrogens is 465 g/mol. The van der Waals surface area contributed by atoms with Crippen LogP contribution in [-0.2, 0) is 4.79 Å². The summed E-state index contributed by atoms with van der Waals surface area (Å²) in [6.45, 7) is 1.79. The Morgan fingerprint density at radius 3 is 2.68 bits per heavy atom. The van der Waals surface area contributed by atoms with Crippen molar-refractivity contribution >= 4 is 51.0 Å². The summed E-state index contributed by atoms with van der Waals surface area (Å²) in [5, 5.41) is 8.61. The molecule has 0 spiro atoms. The van der Waals surface area contributed by atoms with E-state index in [-0.39, 0.29) is 0 Å². The van der Waals surface area contributed by atoms with Crippen LogP contribution in [0.1, 0.15) is 18.5 Å². The summed E-state index contributed by atoms with van der Waals surface area (Å²) in [6.07, 6.45) is 0. The molecule has 142 valence electrons. The number of hydrogen-bond donors (Lipinski definition) is 2. The number of nitrogens with two attached hydrogens (primary N) is 1. The SMILES string of the molecule is CC1=C(C(N)=O)C(c2cccc(Br)c2)n2nc(-c3ccc(Cl)c(Cl)c3)nc2N1. The second kappa shape index (κ2) is 7.24. The second-order valence-electron chi connectivity index (χ2n) is 6.32. The van der Waals surface area contributed by atoms with Gasteiger partial charge in [-0.2, -0.15) is 4.98 Å². The summed E-state index contributed by atoms with van der Waals surface area (Å²) in [4.78, 5) is 16.8. The highest BCUT2D eigenvalue weighted by atomic mass is 79.9. The molecule has 1 aliphatic heterocycles. The first-order valence-electron chi connectivity index (χ1n) is 8.30. The van der Waals surface area contributed by atoms with Crippen LogP contribution in [-0.4, -0.2) is 20.7 Å². The van der Waals surface area contributed by atoms with Gasteiger partial charge in [0.05, 0.1) is 15.6 Å². The van der Waals surface area contributed by atoms with Gasteiger partial charge in [0.1, 0.15) is 6.04 Å².